The van der Waals surface area contributed by atoms with Crippen molar-refractivity contribution in [2.24, 2.45) is 29.1 Å². The molecule has 0 saturated carbocycles. The molecule has 34 heavy (non-hydrogen) atoms. The monoisotopic (exact) mass is 486 g/mol. The summed E-state index contributed by atoms with van der Waals surface area (Å²) in [7, 11) is 0. The first-order valence-corrected chi connectivity index (χ1v) is 13.3. The molecule has 0 spiro atoms. The Bertz CT molecular complexity index is 616. The summed E-state index contributed by atoms with van der Waals surface area (Å²) in [5.74, 6) is -6.86. The van der Waals surface area contributed by atoms with Gasteiger partial charge in [0.15, 0.2) is 5.60 Å². The van der Waals surface area contributed by atoms with Crippen LogP contribution in [0.4, 0.5) is 0 Å². The second kappa shape index (κ2) is 15.4. The molecule has 7 nitrogen and oxygen atoms in total. The molecular formula is C27H50O7. The third-order valence-corrected chi connectivity index (χ3v) is 7.45. The Labute approximate surface area is 206 Å². The summed E-state index contributed by atoms with van der Waals surface area (Å²) in [6.07, 6.45) is 7.12. The van der Waals surface area contributed by atoms with Crippen LogP contribution in [0.1, 0.15) is 119 Å². The molecule has 0 fully saturated rings. The maximum Gasteiger partial charge on any atom is 0.337 e. The van der Waals surface area contributed by atoms with Gasteiger partial charge in [-0.3, -0.25) is 9.59 Å². The van der Waals surface area contributed by atoms with Crippen molar-refractivity contribution in [3.05, 3.63) is 0 Å². The molecule has 5 atom stereocenters. The quantitative estimate of drug-likeness (QED) is 0.160. The fourth-order valence-electron chi connectivity index (χ4n) is 5.44. The first-order valence-electron chi connectivity index (χ1n) is 13.3. The zero-order valence-corrected chi connectivity index (χ0v) is 22.3. The van der Waals surface area contributed by atoms with Crippen LogP contribution in [0.5, 0.6) is 0 Å². The lowest BCUT2D eigenvalue weighted by Gasteiger charge is -2.47. The molecule has 0 heterocycles. The van der Waals surface area contributed by atoms with Crippen molar-refractivity contribution in [2.45, 2.75) is 124 Å². The third kappa shape index (κ3) is 8.54. The summed E-state index contributed by atoms with van der Waals surface area (Å²) in [5.41, 5.74) is -5.03. The van der Waals surface area contributed by atoms with E-state index < -0.39 is 34.8 Å². The standard InChI is InChI=1S/C27H50O7/c1-7-10-13-19(4)16-22(23(28)29)27(34,25(32)33)26(24(30)31,17-20(5)14-11-8-2)18-21(6)15-12-9-3/h19-22,34H,7-18H2,1-6H3,(H,28,29)(H,30,31)(H,32,33). The number of carbonyl (C=O) groups is 3. The largest absolute Gasteiger partial charge is 0.481 e. The first-order chi connectivity index (χ1) is 15.8. The third-order valence-electron chi connectivity index (χ3n) is 7.45. The van der Waals surface area contributed by atoms with Crippen molar-refractivity contribution in [2.75, 3.05) is 0 Å². The minimum absolute atomic E-state index is 0.0747. The van der Waals surface area contributed by atoms with E-state index in [2.05, 4.69) is 0 Å². The van der Waals surface area contributed by atoms with E-state index in [1.54, 1.807) is 0 Å². The van der Waals surface area contributed by atoms with Crippen LogP contribution in [-0.4, -0.2) is 43.9 Å². The highest BCUT2D eigenvalue weighted by Gasteiger charge is 2.66. The predicted octanol–water partition coefficient (Wildman–Crippen LogP) is 6.22. The molecule has 0 aromatic rings. The molecule has 0 amide bonds. The van der Waals surface area contributed by atoms with Crippen molar-refractivity contribution >= 4 is 17.9 Å². The number of rotatable bonds is 20. The number of hydrogen-bond donors (Lipinski definition) is 4. The van der Waals surface area contributed by atoms with Gasteiger partial charge in [-0.15, -0.1) is 0 Å². The van der Waals surface area contributed by atoms with Crippen LogP contribution in [-0.2, 0) is 14.4 Å². The second-order valence-corrected chi connectivity index (χ2v) is 10.7. The maximum atomic E-state index is 13.0. The second-order valence-electron chi connectivity index (χ2n) is 10.7. The molecule has 0 aliphatic rings. The molecule has 7 heteroatoms. The lowest BCUT2D eigenvalue weighted by Crippen LogP contribution is -2.65. The molecular weight excluding hydrogens is 436 g/mol. The molecule has 0 aliphatic carbocycles. The highest BCUT2D eigenvalue weighted by atomic mass is 16.4. The van der Waals surface area contributed by atoms with Crippen molar-refractivity contribution < 1.29 is 34.8 Å². The van der Waals surface area contributed by atoms with E-state index in [1.165, 1.54) is 0 Å². The first kappa shape index (κ1) is 32.4. The van der Waals surface area contributed by atoms with Crippen LogP contribution < -0.4 is 0 Å². The van der Waals surface area contributed by atoms with Crippen LogP contribution in [0.15, 0.2) is 0 Å². The fourth-order valence-corrected chi connectivity index (χ4v) is 5.44. The molecule has 0 rings (SSSR count). The highest BCUT2D eigenvalue weighted by molar-refractivity contribution is 5.93. The van der Waals surface area contributed by atoms with E-state index in [0.717, 1.165) is 38.5 Å². The van der Waals surface area contributed by atoms with Crippen LogP contribution in [0.2, 0.25) is 0 Å². The van der Waals surface area contributed by atoms with Gasteiger partial charge in [-0.1, -0.05) is 99.3 Å². The van der Waals surface area contributed by atoms with Gasteiger partial charge in [0.1, 0.15) is 5.41 Å². The number of aliphatic carboxylic acids is 3. The van der Waals surface area contributed by atoms with E-state index in [-0.39, 0.29) is 37.0 Å². The number of unbranched alkanes of at least 4 members (excludes halogenated alkanes) is 3. The summed E-state index contributed by atoms with van der Waals surface area (Å²) in [4.78, 5) is 38.1. The summed E-state index contributed by atoms with van der Waals surface area (Å²) >= 11 is 0. The average Bonchev–Trinajstić information content (AvgIpc) is 2.76. The van der Waals surface area contributed by atoms with Gasteiger partial charge < -0.3 is 20.4 Å². The number of carboxylic acid groups (broad SMARTS) is 3. The lowest BCUT2D eigenvalue weighted by molar-refractivity contribution is -0.211. The van der Waals surface area contributed by atoms with Crippen molar-refractivity contribution in [1.29, 1.82) is 0 Å². The Balaban J connectivity index is 6.71. The van der Waals surface area contributed by atoms with Gasteiger partial charge in [0, 0.05) is 0 Å². The van der Waals surface area contributed by atoms with Gasteiger partial charge in [-0.05, 0) is 37.0 Å². The topological polar surface area (TPSA) is 132 Å². The normalized spacial score (nSPS) is 18.8. The molecule has 0 aliphatic heterocycles. The van der Waals surface area contributed by atoms with E-state index in [0.29, 0.717) is 19.3 Å². The lowest BCUT2D eigenvalue weighted by atomic mass is 9.57. The molecule has 0 aromatic carbocycles. The Morgan fingerprint density at radius 3 is 1.35 bits per heavy atom. The van der Waals surface area contributed by atoms with E-state index in [1.807, 2.05) is 41.5 Å². The zero-order valence-electron chi connectivity index (χ0n) is 22.3. The predicted molar refractivity (Wildman–Crippen MR) is 134 cm³/mol. The summed E-state index contributed by atoms with van der Waals surface area (Å²) in [6.45, 7) is 11.6. The van der Waals surface area contributed by atoms with E-state index >= 15 is 0 Å². The van der Waals surface area contributed by atoms with E-state index in [9.17, 15) is 34.8 Å². The molecule has 5 unspecified atom stereocenters. The van der Waals surface area contributed by atoms with Crippen LogP contribution in [0, 0.1) is 29.1 Å². The summed E-state index contributed by atoms with van der Waals surface area (Å²) in [6, 6.07) is 0. The zero-order chi connectivity index (χ0) is 26.5. The number of carboxylic acids is 3. The fraction of sp³-hybridized carbons (Fsp3) is 0.889. The van der Waals surface area contributed by atoms with Gasteiger partial charge in [0.05, 0.1) is 5.92 Å². The molecule has 0 radical (unpaired) electrons. The Hall–Kier alpha value is -1.63. The SMILES string of the molecule is CCCCC(C)CC(C(=O)O)C(O)(C(=O)O)C(CC(C)CCCC)(CC(C)CCCC)C(=O)O. The van der Waals surface area contributed by atoms with Crippen LogP contribution in [0.3, 0.4) is 0 Å². The smallest absolute Gasteiger partial charge is 0.337 e. The van der Waals surface area contributed by atoms with Crippen molar-refractivity contribution in [3.63, 3.8) is 0 Å². The molecule has 0 aromatic heterocycles. The van der Waals surface area contributed by atoms with E-state index in [4.69, 9.17) is 0 Å². The molecule has 4 N–H and O–H groups in total. The minimum atomic E-state index is -2.92. The molecule has 200 valence electrons. The summed E-state index contributed by atoms with van der Waals surface area (Å²) < 4.78 is 0. The van der Waals surface area contributed by atoms with Crippen LogP contribution >= 0.6 is 0 Å². The van der Waals surface area contributed by atoms with Gasteiger partial charge in [-0.25, -0.2) is 4.79 Å². The maximum absolute atomic E-state index is 13.0. The van der Waals surface area contributed by atoms with Gasteiger partial charge in [0.2, 0.25) is 0 Å². The Morgan fingerprint density at radius 1 is 0.676 bits per heavy atom. The number of hydrogen-bond acceptors (Lipinski definition) is 4. The average molecular weight is 487 g/mol. The summed E-state index contributed by atoms with van der Waals surface area (Å²) in [5, 5.41) is 42.8. The Morgan fingerprint density at radius 2 is 1.06 bits per heavy atom. The van der Waals surface area contributed by atoms with Gasteiger partial charge >= 0.3 is 17.9 Å². The highest BCUT2D eigenvalue weighted by Crippen LogP contribution is 2.50. The van der Waals surface area contributed by atoms with Crippen LogP contribution in [0.25, 0.3) is 0 Å². The molecule has 0 saturated heterocycles. The molecule has 0 bridgehead atoms. The number of aliphatic hydroxyl groups is 1. The van der Waals surface area contributed by atoms with Gasteiger partial charge in [0.25, 0.3) is 0 Å². The van der Waals surface area contributed by atoms with Crippen molar-refractivity contribution in [1.82, 2.24) is 0 Å². The Kier molecular flexibility index (Phi) is 14.6. The minimum Gasteiger partial charge on any atom is -0.481 e. The van der Waals surface area contributed by atoms with Crippen molar-refractivity contribution in [3.8, 4) is 0 Å². The van der Waals surface area contributed by atoms with Gasteiger partial charge in [-0.2, -0.15) is 0 Å².